The number of aliphatic hydroxyl groups excluding tert-OH is 1. The van der Waals surface area contributed by atoms with Gasteiger partial charge in [0.05, 0.1) is 31.3 Å². The first-order valence-electron chi connectivity index (χ1n) is 22.1. The number of hydrogen-bond acceptors (Lipinski definition) is 14. The van der Waals surface area contributed by atoms with E-state index in [2.05, 4.69) is 10.3 Å². The summed E-state index contributed by atoms with van der Waals surface area (Å²) in [7, 11) is 0. The van der Waals surface area contributed by atoms with Gasteiger partial charge in [-0.1, -0.05) is 48.9 Å². The third-order valence-electron chi connectivity index (χ3n) is 14.5. The number of esters is 2. The number of hydrogen-bond donors (Lipinski definition) is 3. The number of halogens is 1. The molecule has 8 rings (SSSR count). The highest BCUT2D eigenvalue weighted by Gasteiger charge is 2.80. The molecule has 1 aromatic heterocycles. The van der Waals surface area contributed by atoms with Crippen molar-refractivity contribution >= 4 is 45.9 Å². The summed E-state index contributed by atoms with van der Waals surface area (Å²) in [5.74, 6) is -5.32. The highest BCUT2D eigenvalue weighted by atomic mass is 19.1. The van der Waals surface area contributed by atoms with Gasteiger partial charge >= 0.3 is 11.9 Å². The molecule has 346 valence electrons. The van der Waals surface area contributed by atoms with E-state index in [1.165, 1.54) is 12.2 Å². The van der Waals surface area contributed by atoms with Crippen LogP contribution in [0.4, 0.5) is 10.1 Å². The van der Waals surface area contributed by atoms with E-state index in [1.54, 1.807) is 63.5 Å². The monoisotopic (exact) mass is 897 g/mol. The first kappa shape index (κ1) is 46.3. The van der Waals surface area contributed by atoms with E-state index in [0.29, 0.717) is 41.6 Å². The molecule has 16 heteroatoms. The number of nitrogens with two attached hydrogens (primary N) is 1. The molecule has 0 unspecified atom stereocenters. The maximum absolute atomic E-state index is 17.7. The van der Waals surface area contributed by atoms with E-state index in [9.17, 15) is 29.1 Å². The van der Waals surface area contributed by atoms with Gasteiger partial charge in [-0.2, -0.15) is 0 Å². The zero-order valence-electron chi connectivity index (χ0n) is 37.0. The van der Waals surface area contributed by atoms with Crippen LogP contribution in [0.1, 0.15) is 70.4 Å². The molecule has 1 amide bonds. The van der Waals surface area contributed by atoms with Crippen LogP contribution in [0.25, 0.3) is 10.8 Å². The number of fused-ring (bicyclic) bond motifs is 8. The minimum Gasteiger partial charge on any atom is -0.459 e. The van der Waals surface area contributed by atoms with Crippen LogP contribution in [-0.2, 0) is 59.0 Å². The maximum Gasteiger partial charge on any atom is 0.332 e. The van der Waals surface area contributed by atoms with Crippen molar-refractivity contribution in [3.63, 3.8) is 0 Å². The third-order valence-corrected chi connectivity index (χ3v) is 14.5. The van der Waals surface area contributed by atoms with Crippen LogP contribution < -0.4 is 11.1 Å². The number of amides is 1. The number of aliphatic hydroxyl groups is 1. The van der Waals surface area contributed by atoms with Crippen molar-refractivity contribution in [1.29, 1.82) is 0 Å². The second-order valence-corrected chi connectivity index (χ2v) is 18.7. The summed E-state index contributed by atoms with van der Waals surface area (Å²) in [6.45, 7) is 5.38. The normalized spacial score (nSPS) is 31.2. The van der Waals surface area contributed by atoms with Gasteiger partial charge in [0.25, 0.3) is 0 Å². The van der Waals surface area contributed by atoms with Crippen molar-refractivity contribution in [2.75, 3.05) is 44.9 Å². The second kappa shape index (κ2) is 17.9. The highest BCUT2D eigenvalue weighted by Crippen LogP contribution is 2.72. The molecule has 5 aliphatic rings. The Morgan fingerprint density at radius 1 is 0.954 bits per heavy atom. The molecule has 15 nitrogen and oxygen atoms in total. The minimum absolute atomic E-state index is 0.0259. The van der Waals surface area contributed by atoms with E-state index in [1.807, 2.05) is 31.2 Å². The number of anilines is 1. The SMILES string of the molecule is CC1(C)O[C@@H]2C[C@H]3[C@@H]4CCC5=CC(=O)C=C[C@]5(C)[C@@]4(F)[C@@H](O)C[C@]3(C)[C@]2(C(=O)COC(=O)COCCOCC(=O)OCc2ccc([C@@H](CN)C(=O)Nc3ccc4cnccc4c3)cc2)O1. The molecule has 1 aliphatic heterocycles. The van der Waals surface area contributed by atoms with Crippen molar-refractivity contribution in [2.45, 2.75) is 95.2 Å². The summed E-state index contributed by atoms with van der Waals surface area (Å²) in [5.41, 5.74) is 2.68. The summed E-state index contributed by atoms with van der Waals surface area (Å²) in [4.78, 5) is 68.9. The number of ether oxygens (including phenoxy) is 6. The van der Waals surface area contributed by atoms with Gasteiger partial charge in [0.2, 0.25) is 11.7 Å². The fraction of sp³-hybridized carbons (Fsp3) is 0.510. The molecule has 9 atom stereocenters. The average Bonchev–Trinajstić information content (AvgIpc) is 3.69. The van der Waals surface area contributed by atoms with E-state index in [-0.39, 0.29) is 51.1 Å². The Bertz CT molecular complexity index is 2420. The highest BCUT2D eigenvalue weighted by molar-refractivity contribution is 6.01. The Morgan fingerprint density at radius 3 is 2.40 bits per heavy atom. The number of rotatable bonds is 16. The van der Waals surface area contributed by atoms with Gasteiger partial charge in [-0.05, 0) is 99.2 Å². The van der Waals surface area contributed by atoms with Gasteiger partial charge in [0, 0.05) is 46.8 Å². The van der Waals surface area contributed by atoms with Crippen molar-refractivity contribution in [2.24, 2.45) is 28.4 Å². The molecule has 4 aliphatic carbocycles. The molecular weight excluding hydrogens is 842 g/mol. The molecule has 2 heterocycles. The number of carbonyl (C=O) groups is 5. The lowest BCUT2D eigenvalue weighted by molar-refractivity contribution is -0.246. The van der Waals surface area contributed by atoms with Crippen molar-refractivity contribution < 1.29 is 61.9 Å². The summed E-state index contributed by atoms with van der Waals surface area (Å²) in [5, 5.41) is 16.6. The van der Waals surface area contributed by atoms with Gasteiger partial charge in [-0.15, -0.1) is 0 Å². The minimum atomic E-state index is -2.10. The van der Waals surface area contributed by atoms with Crippen LogP contribution in [0.15, 0.2) is 84.7 Å². The molecule has 0 bridgehead atoms. The Hall–Kier alpha value is -5.23. The summed E-state index contributed by atoms with van der Waals surface area (Å²) < 4.78 is 51.9. The predicted molar refractivity (Wildman–Crippen MR) is 233 cm³/mol. The first-order chi connectivity index (χ1) is 30.9. The molecule has 3 aromatic rings. The largest absolute Gasteiger partial charge is 0.459 e. The zero-order chi connectivity index (χ0) is 46.4. The number of allylic oxidation sites excluding steroid dienone is 4. The van der Waals surface area contributed by atoms with E-state index >= 15 is 4.39 Å². The third kappa shape index (κ3) is 8.33. The molecule has 0 radical (unpaired) electrons. The standard InChI is InChI=1S/C49H56FN3O12/c1-45(2)64-41-21-38-37-12-10-33-20-35(54)13-15-46(33,3)48(37,50)39(55)22-47(38,4)49(41,65-45)40(56)26-63-43(58)28-61-18-17-60-27-42(57)62-25-29-5-7-30(8-6-29)36(23-51)44(59)53-34-11-9-32-24-52-16-14-31(32)19-34/h5-9,11,13-16,19-20,24,36-39,41,55H,10,12,17-18,21-23,25-28,51H2,1-4H3,(H,53,59)/t36-,37+,38+,39+,41-,46+,47+,48+,49-/m1/s1. The first-order valence-corrected chi connectivity index (χ1v) is 22.1. The number of carbonyl (C=O) groups excluding carboxylic acids is 5. The number of benzene rings is 2. The van der Waals surface area contributed by atoms with Crippen molar-refractivity contribution in [1.82, 2.24) is 4.98 Å². The molecule has 4 N–H and O–H groups in total. The van der Waals surface area contributed by atoms with Crippen molar-refractivity contribution in [3.8, 4) is 0 Å². The van der Waals surface area contributed by atoms with Gasteiger partial charge < -0.3 is 44.6 Å². The lowest BCUT2D eigenvalue weighted by atomic mass is 9.44. The van der Waals surface area contributed by atoms with Gasteiger partial charge in [0.1, 0.15) is 19.8 Å². The van der Waals surface area contributed by atoms with Crippen LogP contribution in [0.5, 0.6) is 0 Å². The Kier molecular flexibility index (Phi) is 12.7. The predicted octanol–water partition coefficient (Wildman–Crippen LogP) is 4.98. The molecule has 1 saturated heterocycles. The Morgan fingerprint density at radius 2 is 1.68 bits per heavy atom. The molecule has 4 fully saturated rings. The second-order valence-electron chi connectivity index (χ2n) is 18.7. The number of aromatic nitrogens is 1. The van der Waals surface area contributed by atoms with Crippen LogP contribution in [0.2, 0.25) is 0 Å². The lowest BCUT2D eigenvalue weighted by Crippen LogP contribution is -2.70. The maximum atomic E-state index is 17.7. The number of nitrogens with one attached hydrogen (secondary N) is 1. The Labute approximate surface area is 376 Å². The van der Waals surface area contributed by atoms with Gasteiger partial charge in [0.15, 0.2) is 29.4 Å². The summed E-state index contributed by atoms with van der Waals surface area (Å²) in [6.07, 6.45) is 6.61. The summed E-state index contributed by atoms with van der Waals surface area (Å²) >= 11 is 0. The van der Waals surface area contributed by atoms with E-state index < -0.39 is 88.8 Å². The quantitative estimate of drug-likeness (QED) is 0.128. The number of nitrogens with zero attached hydrogens (tertiary/aromatic N) is 1. The topological polar surface area (TPSA) is 212 Å². The number of alkyl halides is 1. The smallest absolute Gasteiger partial charge is 0.332 e. The fourth-order valence-corrected chi connectivity index (χ4v) is 11.4. The van der Waals surface area contributed by atoms with Gasteiger partial charge in [-0.3, -0.25) is 19.4 Å². The van der Waals surface area contributed by atoms with Crippen molar-refractivity contribution in [3.05, 3.63) is 95.9 Å². The van der Waals surface area contributed by atoms with Crippen LogP contribution in [-0.4, -0.2) is 108 Å². The molecule has 0 spiro atoms. The van der Waals surface area contributed by atoms with Crippen LogP contribution in [0, 0.1) is 22.7 Å². The fourth-order valence-electron chi connectivity index (χ4n) is 11.4. The number of Topliss-reactive ketones (excluding diaryl/α,β-unsaturated/α-hetero) is 1. The summed E-state index contributed by atoms with van der Waals surface area (Å²) in [6, 6.07) is 14.5. The van der Waals surface area contributed by atoms with Crippen LogP contribution in [0.3, 0.4) is 0 Å². The lowest BCUT2D eigenvalue weighted by Gasteiger charge is -2.62. The Balaban J connectivity index is 0.766. The molecule has 3 saturated carbocycles. The van der Waals surface area contributed by atoms with Crippen LogP contribution >= 0.6 is 0 Å². The van der Waals surface area contributed by atoms with Gasteiger partial charge in [-0.25, -0.2) is 14.0 Å². The molecule has 2 aromatic carbocycles. The molecular formula is C49H56FN3O12. The number of pyridine rings is 1. The van der Waals surface area contributed by atoms with E-state index in [0.717, 1.165) is 10.8 Å². The number of ketones is 2. The van der Waals surface area contributed by atoms with E-state index in [4.69, 9.17) is 34.2 Å². The average molecular weight is 898 g/mol. The zero-order valence-corrected chi connectivity index (χ0v) is 37.0. The molecule has 65 heavy (non-hydrogen) atoms.